The van der Waals surface area contributed by atoms with E-state index in [4.69, 9.17) is 0 Å². The molecule has 1 saturated heterocycles. The van der Waals surface area contributed by atoms with Gasteiger partial charge < -0.3 is 10.0 Å². The number of hydrogen-bond donors (Lipinski definition) is 1. The van der Waals surface area contributed by atoms with E-state index in [2.05, 4.69) is 24.8 Å². The first-order valence-electron chi connectivity index (χ1n) is 6.31. The van der Waals surface area contributed by atoms with Crippen LogP contribution in [-0.4, -0.2) is 28.7 Å². The zero-order valence-corrected chi connectivity index (χ0v) is 9.95. The number of likely N-dealkylation sites (tertiary alicyclic amines) is 1. The van der Waals surface area contributed by atoms with Crippen molar-refractivity contribution < 1.29 is 5.11 Å². The van der Waals surface area contributed by atoms with Gasteiger partial charge in [0.1, 0.15) is 0 Å². The van der Waals surface area contributed by atoms with Crippen molar-refractivity contribution in [1.82, 2.24) is 4.90 Å². The molecule has 1 aliphatic heterocycles. The smallest absolute Gasteiger partial charge is 0.0604 e. The van der Waals surface area contributed by atoms with Crippen molar-refractivity contribution in [3.63, 3.8) is 0 Å². The molecule has 1 aliphatic carbocycles. The quantitative estimate of drug-likeness (QED) is 0.717. The van der Waals surface area contributed by atoms with E-state index in [1.165, 1.54) is 31.4 Å². The summed E-state index contributed by atoms with van der Waals surface area (Å²) >= 11 is 0. The fourth-order valence-corrected chi connectivity index (χ4v) is 3.23. The summed E-state index contributed by atoms with van der Waals surface area (Å²) in [5.41, 5.74) is 1.39. The second kappa shape index (κ2) is 4.56. The Kier molecular flexibility index (Phi) is 3.35. The van der Waals surface area contributed by atoms with Crippen LogP contribution < -0.4 is 0 Å². The van der Waals surface area contributed by atoms with Crippen LogP contribution in [0.2, 0.25) is 0 Å². The molecule has 0 spiro atoms. The number of rotatable bonds is 1. The molecule has 1 heterocycles. The number of nitrogens with zero attached hydrogens (tertiary/aromatic N) is 1. The number of aliphatic hydroxyl groups is 1. The lowest BCUT2D eigenvalue weighted by atomic mass is 9.76. The zero-order chi connectivity index (χ0) is 10.8. The molecular formula is C13H23NO. The Morgan fingerprint density at radius 2 is 2.00 bits per heavy atom. The Hall–Kier alpha value is -0.500. The van der Waals surface area contributed by atoms with Crippen LogP contribution in [0.5, 0.6) is 0 Å². The first-order chi connectivity index (χ1) is 7.24. The predicted octanol–water partition coefficient (Wildman–Crippen LogP) is 2.54. The van der Waals surface area contributed by atoms with Gasteiger partial charge in [0.25, 0.3) is 0 Å². The lowest BCUT2D eigenvalue weighted by molar-refractivity contribution is -0.0216. The maximum absolute atomic E-state index is 10.0. The van der Waals surface area contributed by atoms with E-state index in [0.717, 1.165) is 13.0 Å². The average Bonchev–Trinajstić information content (AvgIpc) is 2.29. The Morgan fingerprint density at radius 1 is 1.27 bits per heavy atom. The van der Waals surface area contributed by atoms with Gasteiger partial charge in [0.15, 0.2) is 0 Å². The van der Waals surface area contributed by atoms with Crippen molar-refractivity contribution in [2.75, 3.05) is 6.54 Å². The van der Waals surface area contributed by atoms with Crippen molar-refractivity contribution >= 4 is 0 Å². The normalized spacial score (nSPS) is 37.7. The monoisotopic (exact) mass is 209 g/mol. The average molecular weight is 209 g/mol. The first-order valence-corrected chi connectivity index (χ1v) is 6.31. The summed E-state index contributed by atoms with van der Waals surface area (Å²) in [4.78, 5) is 2.52. The number of piperidine rings is 1. The van der Waals surface area contributed by atoms with Gasteiger partial charge in [-0.25, -0.2) is 0 Å². The number of allylic oxidation sites excluding steroid dienone is 2. The molecule has 0 aromatic heterocycles. The summed E-state index contributed by atoms with van der Waals surface area (Å²) in [6, 6.07) is 0.610. The van der Waals surface area contributed by atoms with Gasteiger partial charge in [0.2, 0.25) is 0 Å². The molecule has 1 saturated carbocycles. The van der Waals surface area contributed by atoms with Gasteiger partial charge in [-0.2, -0.15) is 0 Å². The number of fused-ring (bicyclic) bond motifs is 1. The van der Waals surface area contributed by atoms with Gasteiger partial charge in [-0.05, 0) is 33.1 Å². The molecule has 0 aromatic rings. The van der Waals surface area contributed by atoms with Crippen LogP contribution in [-0.2, 0) is 0 Å². The van der Waals surface area contributed by atoms with E-state index in [1.807, 2.05) is 0 Å². The summed E-state index contributed by atoms with van der Waals surface area (Å²) in [5, 5.41) is 10.0. The summed E-state index contributed by atoms with van der Waals surface area (Å²) < 4.78 is 0. The molecule has 2 heteroatoms. The third kappa shape index (κ3) is 2.05. The van der Waals surface area contributed by atoms with Crippen LogP contribution in [0.3, 0.4) is 0 Å². The molecule has 2 aliphatic rings. The lowest BCUT2D eigenvalue weighted by Crippen LogP contribution is -2.51. The van der Waals surface area contributed by atoms with E-state index >= 15 is 0 Å². The number of hydrogen-bond acceptors (Lipinski definition) is 2. The van der Waals surface area contributed by atoms with Crippen molar-refractivity contribution in [2.24, 2.45) is 5.92 Å². The van der Waals surface area contributed by atoms with Crippen LogP contribution in [0.25, 0.3) is 0 Å². The largest absolute Gasteiger partial charge is 0.393 e. The minimum atomic E-state index is -0.0452. The van der Waals surface area contributed by atoms with Crippen molar-refractivity contribution in [1.29, 1.82) is 0 Å². The minimum Gasteiger partial charge on any atom is -0.393 e. The van der Waals surface area contributed by atoms with Gasteiger partial charge >= 0.3 is 0 Å². The molecule has 2 nitrogen and oxygen atoms in total. The highest BCUT2D eigenvalue weighted by atomic mass is 16.3. The third-order valence-electron chi connectivity index (χ3n) is 4.21. The van der Waals surface area contributed by atoms with E-state index < -0.39 is 0 Å². The Bertz CT molecular complexity index is 249. The molecule has 0 bridgehead atoms. The molecule has 3 atom stereocenters. The standard InChI is InChI=1S/C13H23NO/c1-3-10(2)14-9-8-13(15)11-6-4-5-7-12(11)14/h3,11-13,15H,4-9H2,1-2H3. The van der Waals surface area contributed by atoms with E-state index in [1.54, 1.807) is 0 Å². The Morgan fingerprint density at radius 3 is 2.73 bits per heavy atom. The van der Waals surface area contributed by atoms with E-state index in [0.29, 0.717) is 12.0 Å². The highest BCUT2D eigenvalue weighted by Crippen LogP contribution is 2.37. The highest BCUT2D eigenvalue weighted by Gasteiger charge is 2.38. The third-order valence-corrected chi connectivity index (χ3v) is 4.21. The topological polar surface area (TPSA) is 23.5 Å². The second-order valence-electron chi connectivity index (χ2n) is 5.00. The molecule has 86 valence electrons. The molecule has 1 N–H and O–H groups in total. The number of aliphatic hydroxyl groups excluding tert-OH is 1. The SMILES string of the molecule is CC=C(C)N1CCC(O)C2CCCCC21. The van der Waals surface area contributed by atoms with Crippen molar-refractivity contribution in [2.45, 2.75) is 58.1 Å². The second-order valence-corrected chi connectivity index (χ2v) is 5.00. The van der Waals surface area contributed by atoms with Crippen molar-refractivity contribution in [3.05, 3.63) is 11.8 Å². The molecule has 0 amide bonds. The maximum Gasteiger partial charge on any atom is 0.0604 e. The van der Waals surface area contributed by atoms with Crippen LogP contribution in [0.1, 0.15) is 46.0 Å². The Balaban J connectivity index is 2.13. The molecule has 0 aromatic carbocycles. The summed E-state index contributed by atoms with van der Waals surface area (Å²) in [6.45, 7) is 5.35. The van der Waals surface area contributed by atoms with Crippen LogP contribution in [0.4, 0.5) is 0 Å². The van der Waals surface area contributed by atoms with Gasteiger partial charge in [-0.1, -0.05) is 18.9 Å². The predicted molar refractivity (Wildman–Crippen MR) is 62.5 cm³/mol. The molecule has 2 fully saturated rings. The van der Waals surface area contributed by atoms with Crippen LogP contribution >= 0.6 is 0 Å². The van der Waals surface area contributed by atoms with Gasteiger partial charge in [0.05, 0.1) is 6.10 Å². The maximum atomic E-state index is 10.0. The van der Waals surface area contributed by atoms with E-state index in [-0.39, 0.29) is 6.10 Å². The van der Waals surface area contributed by atoms with Gasteiger partial charge in [0, 0.05) is 24.2 Å². The molecule has 15 heavy (non-hydrogen) atoms. The summed E-state index contributed by atoms with van der Waals surface area (Å²) in [6.07, 6.45) is 8.24. The van der Waals surface area contributed by atoms with Gasteiger partial charge in [-0.3, -0.25) is 0 Å². The summed E-state index contributed by atoms with van der Waals surface area (Å²) in [5.74, 6) is 0.530. The summed E-state index contributed by atoms with van der Waals surface area (Å²) in [7, 11) is 0. The fourth-order valence-electron chi connectivity index (χ4n) is 3.23. The fraction of sp³-hybridized carbons (Fsp3) is 0.846. The van der Waals surface area contributed by atoms with Crippen LogP contribution in [0.15, 0.2) is 11.8 Å². The van der Waals surface area contributed by atoms with Crippen molar-refractivity contribution in [3.8, 4) is 0 Å². The van der Waals surface area contributed by atoms with Crippen LogP contribution in [0, 0.1) is 5.92 Å². The molecule has 3 unspecified atom stereocenters. The van der Waals surface area contributed by atoms with Gasteiger partial charge in [-0.15, -0.1) is 0 Å². The Labute approximate surface area is 93.0 Å². The lowest BCUT2D eigenvalue weighted by Gasteiger charge is -2.48. The molecule has 0 radical (unpaired) electrons. The molecular weight excluding hydrogens is 186 g/mol. The first kappa shape index (κ1) is 11.0. The zero-order valence-electron chi connectivity index (χ0n) is 9.95. The highest BCUT2D eigenvalue weighted by molar-refractivity contribution is 5.04. The van der Waals surface area contributed by atoms with E-state index in [9.17, 15) is 5.11 Å². The molecule has 2 rings (SSSR count). The minimum absolute atomic E-state index is 0.0452.